The van der Waals surface area contributed by atoms with Gasteiger partial charge >= 0.3 is 0 Å². The topological polar surface area (TPSA) is 61.6 Å². The lowest BCUT2D eigenvalue weighted by Gasteiger charge is -2.11. The van der Waals surface area contributed by atoms with Gasteiger partial charge in [-0.2, -0.15) is 0 Å². The lowest BCUT2D eigenvalue weighted by atomic mass is 10.1. The number of nitro groups is 1. The van der Waals surface area contributed by atoms with Crippen LogP contribution in [-0.4, -0.2) is 18.1 Å². The largest absolute Gasteiger partial charge is 0.490 e. The molecule has 1 rings (SSSR count). The average Bonchev–Trinajstić information content (AvgIpc) is 2.33. The Morgan fingerprint density at radius 3 is 2.44 bits per heavy atom. The van der Waals surface area contributed by atoms with Gasteiger partial charge in [0.05, 0.1) is 18.1 Å². The number of ether oxygens (including phenoxy) is 2. The second-order valence-corrected chi connectivity index (χ2v) is 3.62. The van der Waals surface area contributed by atoms with E-state index in [-0.39, 0.29) is 5.70 Å². The van der Waals surface area contributed by atoms with Gasteiger partial charge in [0.15, 0.2) is 11.5 Å². The molecule has 0 saturated heterocycles. The molecule has 1 aromatic carbocycles. The highest BCUT2D eigenvalue weighted by atomic mass is 16.6. The first kappa shape index (κ1) is 14.0. The van der Waals surface area contributed by atoms with Gasteiger partial charge in [-0.05, 0) is 31.5 Å². The first-order valence-corrected chi connectivity index (χ1v) is 5.80. The predicted octanol–water partition coefficient (Wildman–Crippen LogP) is 3.12. The van der Waals surface area contributed by atoms with Crippen molar-refractivity contribution in [1.29, 1.82) is 0 Å². The summed E-state index contributed by atoms with van der Waals surface area (Å²) in [7, 11) is 0. The molecule has 5 heteroatoms. The van der Waals surface area contributed by atoms with Crippen molar-refractivity contribution in [3.63, 3.8) is 0 Å². The maximum atomic E-state index is 10.6. The Morgan fingerprint density at radius 1 is 1.28 bits per heavy atom. The smallest absolute Gasteiger partial charge is 0.243 e. The van der Waals surface area contributed by atoms with Crippen molar-refractivity contribution < 1.29 is 14.4 Å². The third kappa shape index (κ3) is 3.76. The van der Waals surface area contributed by atoms with Gasteiger partial charge in [0.2, 0.25) is 5.70 Å². The molecule has 98 valence electrons. The SMILES string of the molecule is CCOc1ccc(/C=C(/C)[N+](=O)[O-])cc1OCC. The Hall–Kier alpha value is -2.04. The summed E-state index contributed by atoms with van der Waals surface area (Å²) in [5.41, 5.74) is 0.803. The first-order chi connectivity index (χ1) is 8.58. The van der Waals surface area contributed by atoms with Crippen LogP contribution in [-0.2, 0) is 0 Å². The highest BCUT2D eigenvalue weighted by Gasteiger charge is 2.07. The van der Waals surface area contributed by atoms with E-state index < -0.39 is 4.92 Å². The van der Waals surface area contributed by atoms with Gasteiger partial charge in [0, 0.05) is 13.0 Å². The zero-order chi connectivity index (χ0) is 13.5. The Bertz CT molecular complexity index is 454. The van der Waals surface area contributed by atoms with E-state index in [1.165, 1.54) is 13.0 Å². The maximum Gasteiger partial charge on any atom is 0.243 e. The first-order valence-electron chi connectivity index (χ1n) is 5.80. The molecule has 0 aromatic heterocycles. The minimum atomic E-state index is -0.420. The molecule has 0 aliphatic carbocycles. The van der Waals surface area contributed by atoms with Crippen molar-refractivity contribution in [3.8, 4) is 11.5 Å². The minimum Gasteiger partial charge on any atom is -0.490 e. The van der Waals surface area contributed by atoms with Crippen LogP contribution >= 0.6 is 0 Å². The zero-order valence-corrected chi connectivity index (χ0v) is 10.8. The molecule has 0 radical (unpaired) electrons. The number of nitrogens with zero attached hydrogens (tertiary/aromatic N) is 1. The molecule has 0 unspecified atom stereocenters. The third-order valence-electron chi connectivity index (χ3n) is 2.23. The maximum absolute atomic E-state index is 10.6. The zero-order valence-electron chi connectivity index (χ0n) is 10.8. The fourth-order valence-electron chi connectivity index (χ4n) is 1.45. The van der Waals surface area contributed by atoms with Crippen molar-refractivity contribution in [2.45, 2.75) is 20.8 Å². The lowest BCUT2D eigenvalue weighted by molar-refractivity contribution is -0.422. The number of benzene rings is 1. The van der Waals surface area contributed by atoms with Crippen LogP contribution in [0.5, 0.6) is 11.5 Å². The van der Waals surface area contributed by atoms with Crippen molar-refractivity contribution in [1.82, 2.24) is 0 Å². The summed E-state index contributed by atoms with van der Waals surface area (Å²) in [6, 6.07) is 5.26. The van der Waals surface area contributed by atoms with E-state index >= 15 is 0 Å². The number of hydrogen-bond donors (Lipinski definition) is 0. The summed E-state index contributed by atoms with van der Waals surface area (Å²) in [5, 5.41) is 10.6. The van der Waals surface area contributed by atoms with E-state index in [1.807, 2.05) is 13.8 Å². The molecule has 0 aliphatic rings. The van der Waals surface area contributed by atoms with Crippen LogP contribution < -0.4 is 9.47 Å². The van der Waals surface area contributed by atoms with Gasteiger partial charge in [-0.1, -0.05) is 6.07 Å². The highest BCUT2D eigenvalue weighted by Crippen LogP contribution is 2.29. The van der Waals surface area contributed by atoms with Crippen molar-refractivity contribution in [2.24, 2.45) is 0 Å². The van der Waals surface area contributed by atoms with Gasteiger partial charge in [-0.15, -0.1) is 0 Å². The molecule has 1 aromatic rings. The van der Waals surface area contributed by atoms with Crippen LogP contribution in [0.25, 0.3) is 6.08 Å². The monoisotopic (exact) mass is 251 g/mol. The van der Waals surface area contributed by atoms with Crippen molar-refractivity contribution in [3.05, 3.63) is 39.6 Å². The quantitative estimate of drug-likeness (QED) is 0.575. The molecule has 5 nitrogen and oxygen atoms in total. The molecule has 0 spiro atoms. The fraction of sp³-hybridized carbons (Fsp3) is 0.385. The summed E-state index contributed by atoms with van der Waals surface area (Å²) >= 11 is 0. The van der Waals surface area contributed by atoms with E-state index in [0.717, 1.165) is 5.56 Å². The normalized spacial score (nSPS) is 11.2. The van der Waals surface area contributed by atoms with E-state index in [1.54, 1.807) is 18.2 Å². The number of allylic oxidation sites excluding steroid dienone is 1. The van der Waals surface area contributed by atoms with E-state index in [4.69, 9.17) is 9.47 Å². The Balaban J connectivity index is 3.06. The molecular weight excluding hydrogens is 234 g/mol. The van der Waals surface area contributed by atoms with Crippen LogP contribution in [0.1, 0.15) is 26.3 Å². The molecule has 0 bridgehead atoms. The molecule has 0 amide bonds. The molecule has 0 saturated carbocycles. The lowest BCUT2D eigenvalue weighted by Crippen LogP contribution is -1.99. The Morgan fingerprint density at radius 2 is 1.89 bits per heavy atom. The highest BCUT2D eigenvalue weighted by molar-refractivity contribution is 5.56. The van der Waals surface area contributed by atoms with Gasteiger partial charge in [-0.3, -0.25) is 10.1 Å². The molecule has 0 fully saturated rings. The van der Waals surface area contributed by atoms with Crippen LogP contribution in [0.15, 0.2) is 23.9 Å². The predicted molar refractivity (Wildman–Crippen MR) is 69.4 cm³/mol. The molecule has 18 heavy (non-hydrogen) atoms. The third-order valence-corrected chi connectivity index (χ3v) is 2.23. The second-order valence-electron chi connectivity index (χ2n) is 3.62. The van der Waals surface area contributed by atoms with Crippen LogP contribution in [0.3, 0.4) is 0 Å². The van der Waals surface area contributed by atoms with Crippen LogP contribution in [0.2, 0.25) is 0 Å². The van der Waals surface area contributed by atoms with E-state index in [9.17, 15) is 10.1 Å². The van der Waals surface area contributed by atoms with Crippen molar-refractivity contribution >= 4 is 6.08 Å². The molecule has 0 N–H and O–H groups in total. The van der Waals surface area contributed by atoms with Crippen molar-refractivity contribution in [2.75, 3.05) is 13.2 Å². The summed E-state index contributed by atoms with van der Waals surface area (Å²) in [6.07, 6.45) is 1.50. The Labute approximate surface area is 106 Å². The molecule has 0 atom stereocenters. The summed E-state index contributed by atoms with van der Waals surface area (Å²) in [5.74, 6) is 1.25. The second kappa shape index (κ2) is 6.64. The fourth-order valence-corrected chi connectivity index (χ4v) is 1.45. The number of rotatable bonds is 6. The molecular formula is C13H17NO4. The summed E-state index contributed by atoms with van der Waals surface area (Å²) in [6.45, 7) is 6.28. The van der Waals surface area contributed by atoms with Crippen LogP contribution in [0, 0.1) is 10.1 Å². The standard InChI is InChI=1S/C13H17NO4/c1-4-17-12-7-6-11(8-10(3)14(15)16)9-13(12)18-5-2/h6-9H,4-5H2,1-3H3/b10-8-. The van der Waals surface area contributed by atoms with Gasteiger partial charge in [0.1, 0.15) is 0 Å². The molecule has 0 heterocycles. The average molecular weight is 251 g/mol. The van der Waals surface area contributed by atoms with E-state index in [0.29, 0.717) is 24.7 Å². The van der Waals surface area contributed by atoms with Crippen LogP contribution in [0.4, 0.5) is 0 Å². The van der Waals surface area contributed by atoms with Gasteiger partial charge in [0.25, 0.3) is 0 Å². The summed E-state index contributed by atoms with van der Waals surface area (Å²) in [4.78, 5) is 10.1. The minimum absolute atomic E-state index is 0.0848. The van der Waals surface area contributed by atoms with Gasteiger partial charge < -0.3 is 9.47 Å². The van der Waals surface area contributed by atoms with E-state index in [2.05, 4.69) is 0 Å². The summed E-state index contributed by atoms with van der Waals surface area (Å²) < 4.78 is 10.9. The number of hydrogen-bond acceptors (Lipinski definition) is 4. The van der Waals surface area contributed by atoms with Gasteiger partial charge in [-0.25, -0.2) is 0 Å². The Kier molecular flexibility index (Phi) is 5.17. The molecule has 0 aliphatic heterocycles.